The van der Waals surface area contributed by atoms with Crippen molar-refractivity contribution in [3.63, 3.8) is 0 Å². The molecule has 1 saturated carbocycles. The summed E-state index contributed by atoms with van der Waals surface area (Å²) in [6, 6.07) is 9.59. The molecule has 124 valence electrons. The third kappa shape index (κ3) is 4.09. The molecule has 0 spiro atoms. The zero-order valence-electron chi connectivity index (χ0n) is 12.8. The van der Waals surface area contributed by atoms with Gasteiger partial charge in [-0.3, -0.25) is 4.79 Å². The Balaban J connectivity index is 0.00000192. The highest BCUT2D eigenvalue weighted by molar-refractivity contribution is 5.85. The molecule has 1 aromatic heterocycles. The number of nitrogens with zero attached hydrogens (tertiary/aromatic N) is 2. The summed E-state index contributed by atoms with van der Waals surface area (Å²) in [5.74, 6) is 1.29. The number of aromatic nitrogens is 2. The van der Waals surface area contributed by atoms with Crippen LogP contribution in [0.25, 0.3) is 11.4 Å². The fraction of sp³-hybridized carbons (Fsp3) is 0.438. The van der Waals surface area contributed by atoms with Crippen LogP contribution in [0.4, 0.5) is 0 Å². The van der Waals surface area contributed by atoms with Crippen molar-refractivity contribution in [2.24, 2.45) is 17.6 Å². The second kappa shape index (κ2) is 8.08. The van der Waals surface area contributed by atoms with E-state index in [1.54, 1.807) is 0 Å². The SMILES string of the molecule is Cl.NC[C@H]1CCC[C@H]1C(=O)NCc1nc(-c2ccccc2)no1. The van der Waals surface area contributed by atoms with Gasteiger partial charge in [-0.1, -0.05) is 41.9 Å². The Kier molecular flexibility index (Phi) is 6.12. The van der Waals surface area contributed by atoms with E-state index in [2.05, 4.69) is 15.5 Å². The maximum Gasteiger partial charge on any atom is 0.246 e. The summed E-state index contributed by atoms with van der Waals surface area (Å²) in [5, 5.41) is 6.81. The molecule has 0 aliphatic heterocycles. The quantitative estimate of drug-likeness (QED) is 0.872. The van der Waals surface area contributed by atoms with Gasteiger partial charge in [0.15, 0.2) is 0 Å². The van der Waals surface area contributed by atoms with Crippen molar-refractivity contribution in [3.05, 3.63) is 36.2 Å². The Morgan fingerprint density at radius 3 is 2.83 bits per heavy atom. The number of carbonyl (C=O) groups excluding carboxylic acids is 1. The lowest BCUT2D eigenvalue weighted by molar-refractivity contribution is -0.126. The minimum atomic E-state index is 0. The van der Waals surface area contributed by atoms with Crippen LogP contribution in [0.3, 0.4) is 0 Å². The Morgan fingerprint density at radius 1 is 1.30 bits per heavy atom. The largest absolute Gasteiger partial charge is 0.347 e. The maximum absolute atomic E-state index is 12.2. The minimum absolute atomic E-state index is 0. The molecule has 1 aromatic carbocycles. The first-order valence-electron chi connectivity index (χ1n) is 7.63. The van der Waals surface area contributed by atoms with Crippen molar-refractivity contribution >= 4 is 18.3 Å². The van der Waals surface area contributed by atoms with Crippen LogP contribution in [0.15, 0.2) is 34.9 Å². The van der Waals surface area contributed by atoms with E-state index in [9.17, 15) is 4.79 Å². The van der Waals surface area contributed by atoms with Crippen LogP contribution in [0.5, 0.6) is 0 Å². The van der Waals surface area contributed by atoms with Gasteiger partial charge in [0.05, 0.1) is 6.54 Å². The van der Waals surface area contributed by atoms with E-state index in [0.717, 1.165) is 24.8 Å². The highest BCUT2D eigenvalue weighted by atomic mass is 35.5. The van der Waals surface area contributed by atoms with Crippen LogP contribution in [-0.2, 0) is 11.3 Å². The Morgan fingerprint density at radius 2 is 2.09 bits per heavy atom. The zero-order chi connectivity index (χ0) is 15.4. The third-order valence-electron chi connectivity index (χ3n) is 4.21. The summed E-state index contributed by atoms with van der Waals surface area (Å²) in [7, 11) is 0. The predicted molar refractivity (Wildman–Crippen MR) is 88.7 cm³/mol. The summed E-state index contributed by atoms with van der Waals surface area (Å²) in [6.07, 6.45) is 3.01. The fourth-order valence-electron chi connectivity index (χ4n) is 2.99. The number of rotatable bonds is 5. The summed E-state index contributed by atoms with van der Waals surface area (Å²) >= 11 is 0. The average molecular weight is 337 g/mol. The van der Waals surface area contributed by atoms with Crippen LogP contribution in [0.1, 0.15) is 25.2 Å². The highest BCUT2D eigenvalue weighted by Crippen LogP contribution is 2.31. The van der Waals surface area contributed by atoms with E-state index in [1.807, 2.05) is 30.3 Å². The zero-order valence-corrected chi connectivity index (χ0v) is 13.6. The lowest BCUT2D eigenvalue weighted by atomic mass is 9.95. The normalized spacial score (nSPS) is 20.0. The summed E-state index contributed by atoms with van der Waals surface area (Å²) in [6.45, 7) is 0.823. The lowest BCUT2D eigenvalue weighted by Crippen LogP contribution is -2.34. The number of hydrogen-bond acceptors (Lipinski definition) is 5. The second-order valence-corrected chi connectivity index (χ2v) is 5.63. The molecule has 6 nitrogen and oxygen atoms in total. The van der Waals surface area contributed by atoms with Crippen LogP contribution >= 0.6 is 12.4 Å². The first kappa shape index (κ1) is 17.4. The molecule has 0 radical (unpaired) electrons. The molecular formula is C16H21ClN4O2. The number of halogens is 1. The van der Waals surface area contributed by atoms with Crippen LogP contribution < -0.4 is 11.1 Å². The van der Waals surface area contributed by atoms with Crippen LogP contribution in [0.2, 0.25) is 0 Å². The average Bonchev–Trinajstić information content (AvgIpc) is 3.22. The van der Waals surface area contributed by atoms with Crippen molar-refractivity contribution in [2.45, 2.75) is 25.8 Å². The van der Waals surface area contributed by atoms with Crippen molar-refractivity contribution in [1.29, 1.82) is 0 Å². The molecule has 0 saturated heterocycles. The van der Waals surface area contributed by atoms with Crippen LogP contribution in [0, 0.1) is 11.8 Å². The molecule has 1 aliphatic rings. The molecule has 7 heteroatoms. The molecule has 23 heavy (non-hydrogen) atoms. The minimum Gasteiger partial charge on any atom is -0.347 e. The molecular weight excluding hydrogens is 316 g/mol. The molecule has 3 N–H and O–H groups in total. The first-order valence-corrected chi connectivity index (χ1v) is 7.63. The van der Waals surface area contributed by atoms with E-state index < -0.39 is 0 Å². The van der Waals surface area contributed by atoms with Crippen molar-refractivity contribution < 1.29 is 9.32 Å². The standard InChI is InChI=1S/C16H20N4O2.ClH/c17-9-12-7-4-8-13(12)16(21)18-10-14-19-15(20-22-14)11-5-2-1-3-6-11;/h1-3,5-6,12-13H,4,7-10,17H2,(H,18,21);1H/t12-,13-;/m1./s1. The number of amides is 1. The van der Waals surface area contributed by atoms with Gasteiger partial charge in [0, 0.05) is 11.5 Å². The Bertz CT molecular complexity index is 632. The van der Waals surface area contributed by atoms with Gasteiger partial charge in [0.25, 0.3) is 0 Å². The Labute approximate surface area is 141 Å². The predicted octanol–water partition coefficient (Wildman–Crippen LogP) is 2.15. The number of hydrogen-bond donors (Lipinski definition) is 2. The number of nitrogens with one attached hydrogen (secondary N) is 1. The van der Waals surface area contributed by atoms with E-state index in [4.69, 9.17) is 10.3 Å². The van der Waals surface area contributed by atoms with Crippen molar-refractivity contribution in [2.75, 3.05) is 6.54 Å². The summed E-state index contributed by atoms with van der Waals surface area (Å²) < 4.78 is 5.18. The number of carbonyl (C=O) groups is 1. The molecule has 1 heterocycles. The molecule has 0 bridgehead atoms. The van der Waals surface area contributed by atoms with Gasteiger partial charge in [0.2, 0.25) is 17.6 Å². The topological polar surface area (TPSA) is 94.0 Å². The number of benzene rings is 1. The summed E-state index contributed by atoms with van der Waals surface area (Å²) in [5.41, 5.74) is 6.61. The smallest absolute Gasteiger partial charge is 0.246 e. The van der Waals surface area contributed by atoms with Gasteiger partial charge in [-0.05, 0) is 25.3 Å². The Hall–Kier alpha value is -1.92. The van der Waals surface area contributed by atoms with Gasteiger partial charge >= 0.3 is 0 Å². The van der Waals surface area contributed by atoms with Gasteiger partial charge < -0.3 is 15.6 Å². The monoisotopic (exact) mass is 336 g/mol. The van der Waals surface area contributed by atoms with Crippen molar-refractivity contribution in [1.82, 2.24) is 15.5 Å². The fourth-order valence-corrected chi connectivity index (χ4v) is 2.99. The highest BCUT2D eigenvalue weighted by Gasteiger charge is 2.31. The van der Waals surface area contributed by atoms with Gasteiger partial charge in [-0.2, -0.15) is 4.98 Å². The number of nitrogens with two attached hydrogens (primary N) is 1. The maximum atomic E-state index is 12.2. The molecule has 0 unspecified atom stereocenters. The molecule has 2 aromatic rings. The third-order valence-corrected chi connectivity index (χ3v) is 4.21. The van der Waals surface area contributed by atoms with E-state index >= 15 is 0 Å². The molecule has 1 aliphatic carbocycles. The van der Waals surface area contributed by atoms with Gasteiger partial charge in [0.1, 0.15) is 0 Å². The first-order chi connectivity index (χ1) is 10.8. The molecule has 1 amide bonds. The van der Waals surface area contributed by atoms with E-state index in [0.29, 0.717) is 24.2 Å². The van der Waals surface area contributed by atoms with Gasteiger partial charge in [-0.25, -0.2) is 0 Å². The summed E-state index contributed by atoms with van der Waals surface area (Å²) in [4.78, 5) is 16.5. The lowest BCUT2D eigenvalue weighted by Gasteiger charge is -2.16. The molecule has 3 rings (SSSR count). The molecule has 1 fully saturated rings. The van der Waals surface area contributed by atoms with Crippen molar-refractivity contribution in [3.8, 4) is 11.4 Å². The van der Waals surface area contributed by atoms with E-state index in [-0.39, 0.29) is 30.8 Å². The van der Waals surface area contributed by atoms with Gasteiger partial charge in [-0.15, -0.1) is 12.4 Å². The second-order valence-electron chi connectivity index (χ2n) is 5.63. The van der Waals surface area contributed by atoms with E-state index in [1.165, 1.54) is 0 Å². The molecule has 2 atom stereocenters. The van der Waals surface area contributed by atoms with Crippen LogP contribution in [-0.4, -0.2) is 22.6 Å².